The van der Waals surface area contributed by atoms with Crippen molar-refractivity contribution in [3.05, 3.63) is 33.8 Å². The molecule has 5 heteroatoms. The van der Waals surface area contributed by atoms with Gasteiger partial charge in [0, 0.05) is 4.47 Å². The molecule has 19 heavy (non-hydrogen) atoms. The van der Waals surface area contributed by atoms with Gasteiger partial charge in [0.1, 0.15) is 0 Å². The molecule has 0 aliphatic rings. The predicted octanol–water partition coefficient (Wildman–Crippen LogP) is 4.01. The lowest BCUT2D eigenvalue weighted by molar-refractivity contribution is 0.299. The van der Waals surface area contributed by atoms with E-state index in [-0.39, 0.29) is 6.61 Å². The third kappa shape index (κ3) is 6.54. The zero-order valence-electron chi connectivity index (χ0n) is 11.6. The van der Waals surface area contributed by atoms with Crippen LogP contribution >= 0.6 is 15.9 Å². The molecule has 0 bridgehead atoms. The largest absolute Gasteiger partial charge is 0.270 e. The van der Waals surface area contributed by atoms with E-state index in [9.17, 15) is 8.42 Å². The van der Waals surface area contributed by atoms with E-state index in [4.69, 9.17) is 4.18 Å². The molecule has 0 heterocycles. The summed E-state index contributed by atoms with van der Waals surface area (Å²) >= 11 is 3.51. The van der Waals surface area contributed by atoms with Crippen molar-refractivity contribution in [2.45, 2.75) is 39.0 Å². The summed E-state index contributed by atoms with van der Waals surface area (Å²) in [5.41, 5.74) is 2.44. The molecule has 0 N–H and O–H groups in total. The van der Waals surface area contributed by atoms with E-state index < -0.39 is 10.1 Å². The minimum atomic E-state index is -3.34. The van der Waals surface area contributed by atoms with Crippen molar-refractivity contribution in [1.82, 2.24) is 0 Å². The SMILES string of the molecule is CCCC(CCOS(C)(=O)=O)c1cc(C)cc(Br)c1. The Morgan fingerprint density at radius 2 is 1.95 bits per heavy atom. The third-order valence-electron chi connectivity index (χ3n) is 2.94. The Balaban J connectivity index is 2.76. The van der Waals surface area contributed by atoms with Crippen LogP contribution in [0.5, 0.6) is 0 Å². The highest BCUT2D eigenvalue weighted by Crippen LogP contribution is 2.28. The Morgan fingerprint density at radius 1 is 1.26 bits per heavy atom. The van der Waals surface area contributed by atoms with E-state index in [1.54, 1.807) is 0 Å². The summed E-state index contributed by atoms with van der Waals surface area (Å²) in [7, 11) is -3.34. The number of rotatable bonds is 7. The first-order valence-corrected chi connectivity index (χ1v) is 9.04. The Bertz CT molecular complexity index is 491. The average Bonchev–Trinajstić information content (AvgIpc) is 2.25. The van der Waals surface area contributed by atoms with Crippen molar-refractivity contribution in [3.8, 4) is 0 Å². The van der Waals surface area contributed by atoms with Crippen molar-refractivity contribution in [3.63, 3.8) is 0 Å². The molecule has 1 aromatic rings. The molecule has 0 saturated heterocycles. The number of halogens is 1. The maximum Gasteiger partial charge on any atom is 0.264 e. The molecule has 3 nitrogen and oxygen atoms in total. The molecule has 1 aromatic carbocycles. The van der Waals surface area contributed by atoms with Gasteiger partial charge in [-0.15, -0.1) is 0 Å². The van der Waals surface area contributed by atoms with Gasteiger partial charge in [0.05, 0.1) is 12.9 Å². The number of hydrogen-bond donors (Lipinski definition) is 0. The van der Waals surface area contributed by atoms with Gasteiger partial charge in [0.15, 0.2) is 0 Å². The van der Waals surface area contributed by atoms with Gasteiger partial charge < -0.3 is 0 Å². The summed E-state index contributed by atoms with van der Waals surface area (Å²) < 4.78 is 27.9. The van der Waals surface area contributed by atoms with Crippen molar-refractivity contribution >= 4 is 26.0 Å². The Hall–Kier alpha value is -0.390. The third-order valence-corrected chi connectivity index (χ3v) is 3.99. The molecular formula is C14H21BrO3S. The minimum absolute atomic E-state index is 0.245. The zero-order chi connectivity index (χ0) is 14.5. The fourth-order valence-electron chi connectivity index (χ4n) is 2.17. The first-order chi connectivity index (χ1) is 8.81. The van der Waals surface area contributed by atoms with Crippen LogP contribution in [0.15, 0.2) is 22.7 Å². The van der Waals surface area contributed by atoms with Crippen LogP contribution in [0.3, 0.4) is 0 Å². The van der Waals surface area contributed by atoms with Crippen LogP contribution in [0.25, 0.3) is 0 Å². The van der Waals surface area contributed by atoms with Gasteiger partial charge in [0.25, 0.3) is 10.1 Å². The van der Waals surface area contributed by atoms with Gasteiger partial charge in [-0.05, 0) is 48.9 Å². The van der Waals surface area contributed by atoms with Crippen molar-refractivity contribution in [1.29, 1.82) is 0 Å². The first kappa shape index (κ1) is 16.7. The van der Waals surface area contributed by atoms with Gasteiger partial charge in [-0.1, -0.05) is 35.3 Å². The molecule has 108 valence electrons. The number of aryl methyl sites for hydroxylation is 1. The van der Waals surface area contributed by atoms with E-state index in [1.807, 2.05) is 0 Å². The molecule has 0 saturated carbocycles. The van der Waals surface area contributed by atoms with E-state index in [2.05, 4.69) is 48.0 Å². The van der Waals surface area contributed by atoms with Gasteiger partial charge in [-0.3, -0.25) is 4.18 Å². The van der Waals surface area contributed by atoms with E-state index in [0.717, 1.165) is 30.0 Å². The summed E-state index contributed by atoms with van der Waals surface area (Å²) in [5.74, 6) is 0.336. The molecule has 0 aromatic heterocycles. The highest BCUT2D eigenvalue weighted by molar-refractivity contribution is 9.10. The Labute approximate surface area is 124 Å². The quantitative estimate of drug-likeness (QED) is 0.699. The lowest BCUT2D eigenvalue weighted by atomic mass is 9.91. The lowest BCUT2D eigenvalue weighted by Crippen LogP contribution is -2.08. The molecule has 0 aliphatic carbocycles. The smallest absolute Gasteiger partial charge is 0.264 e. The van der Waals surface area contributed by atoms with Crippen LogP contribution in [0, 0.1) is 6.92 Å². The fraction of sp³-hybridized carbons (Fsp3) is 0.571. The van der Waals surface area contributed by atoms with Crippen LogP contribution in [-0.4, -0.2) is 21.3 Å². The fourth-order valence-corrected chi connectivity index (χ4v) is 3.19. The Morgan fingerprint density at radius 3 is 2.47 bits per heavy atom. The van der Waals surface area contributed by atoms with E-state index >= 15 is 0 Å². The van der Waals surface area contributed by atoms with Gasteiger partial charge in [-0.25, -0.2) is 0 Å². The highest BCUT2D eigenvalue weighted by Gasteiger charge is 2.13. The summed E-state index contributed by atoms with van der Waals surface area (Å²) in [6, 6.07) is 6.33. The second kappa shape index (κ2) is 7.41. The molecule has 0 radical (unpaired) electrons. The first-order valence-electron chi connectivity index (χ1n) is 6.43. The second-order valence-corrected chi connectivity index (χ2v) is 7.42. The van der Waals surface area contributed by atoms with Gasteiger partial charge in [-0.2, -0.15) is 8.42 Å². The maximum absolute atomic E-state index is 11.0. The summed E-state index contributed by atoms with van der Waals surface area (Å²) in [5, 5.41) is 0. The van der Waals surface area contributed by atoms with Crippen molar-refractivity contribution < 1.29 is 12.6 Å². The zero-order valence-corrected chi connectivity index (χ0v) is 14.1. The van der Waals surface area contributed by atoms with Crippen LogP contribution in [0.1, 0.15) is 43.2 Å². The second-order valence-electron chi connectivity index (χ2n) is 4.86. The van der Waals surface area contributed by atoms with Crippen molar-refractivity contribution in [2.24, 2.45) is 0 Å². The minimum Gasteiger partial charge on any atom is -0.270 e. The normalized spacial score (nSPS) is 13.5. The average molecular weight is 349 g/mol. The van der Waals surface area contributed by atoms with Crippen LogP contribution in [-0.2, 0) is 14.3 Å². The highest BCUT2D eigenvalue weighted by atomic mass is 79.9. The molecule has 1 rings (SSSR count). The summed E-state index contributed by atoms with van der Waals surface area (Å²) in [4.78, 5) is 0. The van der Waals surface area contributed by atoms with Crippen LogP contribution in [0.4, 0.5) is 0 Å². The summed E-state index contributed by atoms with van der Waals surface area (Å²) in [6.07, 6.45) is 3.90. The maximum atomic E-state index is 11.0. The van der Waals surface area contributed by atoms with E-state index in [0.29, 0.717) is 5.92 Å². The standard InChI is InChI=1S/C14H21BrO3S/c1-4-5-12(6-7-18-19(3,16)17)13-8-11(2)9-14(15)10-13/h8-10,12H,4-7H2,1-3H3. The molecule has 0 fully saturated rings. The molecule has 0 aliphatic heterocycles. The number of hydrogen-bond acceptors (Lipinski definition) is 3. The summed E-state index contributed by atoms with van der Waals surface area (Å²) in [6.45, 7) is 4.44. The number of benzene rings is 1. The molecule has 0 amide bonds. The van der Waals surface area contributed by atoms with Crippen LogP contribution in [0.2, 0.25) is 0 Å². The molecule has 1 unspecified atom stereocenters. The Kier molecular flexibility index (Phi) is 6.50. The topological polar surface area (TPSA) is 43.4 Å². The lowest BCUT2D eigenvalue weighted by Gasteiger charge is -2.17. The predicted molar refractivity (Wildman–Crippen MR) is 81.9 cm³/mol. The van der Waals surface area contributed by atoms with Crippen LogP contribution < -0.4 is 0 Å². The monoisotopic (exact) mass is 348 g/mol. The molecular weight excluding hydrogens is 328 g/mol. The molecule has 0 spiro atoms. The van der Waals surface area contributed by atoms with Gasteiger partial charge in [0.2, 0.25) is 0 Å². The molecule has 1 atom stereocenters. The van der Waals surface area contributed by atoms with E-state index in [1.165, 1.54) is 11.1 Å². The van der Waals surface area contributed by atoms with Crippen molar-refractivity contribution in [2.75, 3.05) is 12.9 Å². The van der Waals surface area contributed by atoms with Gasteiger partial charge >= 0.3 is 0 Å².